The van der Waals surface area contributed by atoms with Crippen molar-refractivity contribution >= 4 is 11.5 Å². The van der Waals surface area contributed by atoms with Gasteiger partial charge in [-0.1, -0.05) is 54.6 Å². The molecule has 0 atom stereocenters. The van der Waals surface area contributed by atoms with E-state index in [0.29, 0.717) is 5.56 Å². The maximum Gasteiger partial charge on any atom is 0.336 e. The third kappa shape index (κ3) is 3.14. The molecule has 0 unspecified atom stereocenters. The van der Waals surface area contributed by atoms with Crippen LogP contribution in [0.4, 0.5) is 0 Å². The molecule has 0 aromatic heterocycles. The molecule has 4 heteroatoms. The molecular weight excluding hydrogens is 304 g/mol. The van der Waals surface area contributed by atoms with Crippen molar-refractivity contribution in [2.24, 2.45) is 0 Å². The molecule has 1 aliphatic carbocycles. The monoisotopic (exact) mass is 320 g/mol. The molecule has 0 radical (unpaired) electrons. The first kappa shape index (κ1) is 15.8. The van der Waals surface area contributed by atoms with E-state index in [2.05, 4.69) is 0 Å². The van der Waals surface area contributed by atoms with Gasteiger partial charge in [0.25, 0.3) is 0 Å². The summed E-state index contributed by atoms with van der Waals surface area (Å²) in [5.41, 5.74) is 3.08. The first-order valence-electron chi connectivity index (χ1n) is 7.47. The average molecular weight is 320 g/mol. The molecule has 1 aliphatic rings. The molecule has 3 N–H and O–H groups in total. The van der Waals surface area contributed by atoms with Crippen LogP contribution in [-0.2, 0) is 0 Å². The van der Waals surface area contributed by atoms with E-state index in [1.54, 1.807) is 72.8 Å². The SMILES string of the molecule is O=C(O)c1ccccc1C(=C1C=CC(O)C=C1)c1ccc(O)cc1. The van der Waals surface area contributed by atoms with Crippen LogP contribution in [0.1, 0.15) is 21.5 Å². The Morgan fingerprint density at radius 1 is 0.875 bits per heavy atom. The molecule has 2 aromatic rings. The van der Waals surface area contributed by atoms with E-state index in [1.165, 1.54) is 0 Å². The molecule has 0 bridgehead atoms. The van der Waals surface area contributed by atoms with Gasteiger partial charge in [0.1, 0.15) is 5.75 Å². The van der Waals surface area contributed by atoms with Gasteiger partial charge in [-0.25, -0.2) is 4.79 Å². The normalized spacial score (nSPS) is 16.2. The Hall–Kier alpha value is -3.11. The number of hydrogen-bond donors (Lipinski definition) is 3. The maximum absolute atomic E-state index is 11.6. The highest BCUT2D eigenvalue weighted by Gasteiger charge is 2.17. The van der Waals surface area contributed by atoms with Crippen molar-refractivity contribution in [2.75, 3.05) is 0 Å². The molecule has 0 saturated heterocycles. The van der Waals surface area contributed by atoms with Gasteiger partial charge in [-0.05, 0) is 40.5 Å². The summed E-state index contributed by atoms with van der Waals surface area (Å²) < 4.78 is 0. The zero-order chi connectivity index (χ0) is 17.1. The lowest BCUT2D eigenvalue weighted by molar-refractivity contribution is 0.0696. The van der Waals surface area contributed by atoms with Gasteiger partial charge in [0.15, 0.2) is 0 Å². The molecule has 2 aromatic carbocycles. The van der Waals surface area contributed by atoms with Gasteiger partial charge >= 0.3 is 5.97 Å². The number of carboxylic acids is 1. The van der Waals surface area contributed by atoms with Crippen LogP contribution >= 0.6 is 0 Å². The average Bonchev–Trinajstić information content (AvgIpc) is 2.59. The summed E-state index contributed by atoms with van der Waals surface area (Å²) in [5.74, 6) is -0.869. The molecule has 0 fully saturated rings. The van der Waals surface area contributed by atoms with Gasteiger partial charge < -0.3 is 15.3 Å². The van der Waals surface area contributed by atoms with E-state index in [0.717, 1.165) is 16.7 Å². The van der Waals surface area contributed by atoms with Crippen molar-refractivity contribution in [2.45, 2.75) is 6.10 Å². The van der Waals surface area contributed by atoms with E-state index in [4.69, 9.17) is 0 Å². The van der Waals surface area contributed by atoms with Crippen molar-refractivity contribution < 1.29 is 20.1 Å². The van der Waals surface area contributed by atoms with Crippen molar-refractivity contribution in [1.29, 1.82) is 0 Å². The Morgan fingerprint density at radius 3 is 2.04 bits per heavy atom. The first-order chi connectivity index (χ1) is 11.6. The van der Waals surface area contributed by atoms with Crippen LogP contribution in [-0.4, -0.2) is 27.4 Å². The van der Waals surface area contributed by atoms with Gasteiger partial charge in [0.05, 0.1) is 11.7 Å². The minimum absolute atomic E-state index is 0.139. The number of hydrogen-bond acceptors (Lipinski definition) is 3. The number of rotatable bonds is 3. The van der Waals surface area contributed by atoms with Gasteiger partial charge in [-0.2, -0.15) is 0 Å². The van der Waals surface area contributed by atoms with Crippen LogP contribution in [0, 0.1) is 0 Å². The minimum Gasteiger partial charge on any atom is -0.508 e. The van der Waals surface area contributed by atoms with E-state index >= 15 is 0 Å². The number of aromatic hydroxyl groups is 1. The highest BCUT2D eigenvalue weighted by atomic mass is 16.4. The van der Waals surface area contributed by atoms with Crippen LogP contribution in [0.2, 0.25) is 0 Å². The zero-order valence-electron chi connectivity index (χ0n) is 12.8. The number of carbonyl (C=O) groups is 1. The van der Waals surface area contributed by atoms with Crippen LogP contribution < -0.4 is 0 Å². The number of aromatic carboxylic acids is 1. The number of allylic oxidation sites excluding steroid dienone is 3. The fourth-order valence-electron chi connectivity index (χ4n) is 2.68. The third-order valence-electron chi connectivity index (χ3n) is 3.82. The Balaban J connectivity index is 2.27. The van der Waals surface area contributed by atoms with Crippen LogP contribution in [0.15, 0.2) is 78.4 Å². The lowest BCUT2D eigenvalue weighted by Gasteiger charge is -2.16. The second kappa shape index (κ2) is 6.56. The summed E-state index contributed by atoms with van der Waals surface area (Å²) >= 11 is 0. The maximum atomic E-state index is 11.6. The molecule has 24 heavy (non-hydrogen) atoms. The Morgan fingerprint density at radius 2 is 1.46 bits per heavy atom. The molecular formula is C20H16O4. The molecule has 0 aliphatic heterocycles. The number of phenols is 1. The largest absolute Gasteiger partial charge is 0.508 e. The van der Waals surface area contributed by atoms with Gasteiger partial charge in [-0.3, -0.25) is 0 Å². The topological polar surface area (TPSA) is 77.8 Å². The summed E-state index contributed by atoms with van der Waals surface area (Å²) in [5, 5.41) is 28.6. The number of carboxylic acid groups (broad SMARTS) is 1. The van der Waals surface area contributed by atoms with E-state index < -0.39 is 12.1 Å². The summed E-state index contributed by atoms with van der Waals surface area (Å²) in [6.07, 6.45) is 6.17. The van der Waals surface area contributed by atoms with Gasteiger partial charge in [0.2, 0.25) is 0 Å². The molecule has 120 valence electrons. The third-order valence-corrected chi connectivity index (χ3v) is 3.82. The molecule has 0 amide bonds. The minimum atomic E-state index is -1.01. The van der Waals surface area contributed by atoms with E-state index in [-0.39, 0.29) is 11.3 Å². The number of aliphatic hydroxyl groups is 1. The Kier molecular flexibility index (Phi) is 4.31. The highest BCUT2D eigenvalue weighted by Crippen LogP contribution is 2.32. The second-order valence-corrected chi connectivity index (χ2v) is 5.44. The van der Waals surface area contributed by atoms with Crippen molar-refractivity contribution in [3.05, 3.63) is 95.1 Å². The fraction of sp³-hybridized carbons (Fsp3) is 0.0500. The predicted molar refractivity (Wildman–Crippen MR) is 91.8 cm³/mol. The molecule has 0 spiro atoms. The predicted octanol–water partition coefficient (Wildman–Crippen LogP) is 3.38. The summed E-state index contributed by atoms with van der Waals surface area (Å²) in [7, 11) is 0. The van der Waals surface area contributed by atoms with Crippen molar-refractivity contribution in [1.82, 2.24) is 0 Å². The number of benzene rings is 2. The summed E-state index contributed by atoms with van der Waals surface area (Å²) in [6, 6.07) is 13.4. The smallest absolute Gasteiger partial charge is 0.336 e. The van der Waals surface area contributed by atoms with E-state index in [1.807, 2.05) is 0 Å². The van der Waals surface area contributed by atoms with E-state index in [9.17, 15) is 20.1 Å². The fourth-order valence-corrected chi connectivity index (χ4v) is 2.68. The lowest BCUT2D eigenvalue weighted by Crippen LogP contribution is -2.06. The van der Waals surface area contributed by atoms with Crippen LogP contribution in [0.3, 0.4) is 0 Å². The molecule has 0 heterocycles. The quantitative estimate of drug-likeness (QED) is 0.810. The van der Waals surface area contributed by atoms with Crippen molar-refractivity contribution in [3.63, 3.8) is 0 Å². The zero-order valence-corrected chi connectivity index (χ0v) is 12.8. The van der Waals surface area contributed by atoms with Gasteiger partial charge in [0, 0.05) is 0 Å². The Bertz CT molecular complexity index is 841. The molecule has 3 rings (SSSR count). The molecule has 4 nitrogen and oxygen atoms in total. The van der Waals surface area contributed by atoms with Gasteiger partial charge in [-0.15, -0.1) is 0 Å². The highest BCUT2D eigenvalue weighted by molar-refractivity contribution is 5.98. The lowest BCUT2D eigenvalue weighted by atomic mass is 9.88. The standard InChI is InChI=1S/C20H16O4/c21-15-9-5-13(6-10-15)19(14-7-11-16(22)12-8-14)17-3-1-2-4-18(17)20(23)24/h1-12,15,21-22H,(H,23,24). The number of aliphatic hydroxyl groups excluding tert-OH is 1. The summed E-state index contributed by atoms with van der Waals surface area (Å²) in [4.78, 5) is 11.6. The number of phenolic OH excluding ortho intramolecular Hbond substituents is 1. The first-order valence-corrected chi connectivity index (χ1v) is 7.47. The molecule has 0 saturated carbocycles. The Labute approximate surface area is 139 Å². The summed E-state index contributed by atoms with van der Waals surface area (Å²) in [6.45, 7) is 0. The second-order valence-electron chi connectivity index (χ2n) is 5.44. The van der Waals surface area contributed by atoms with Crippen LogP contribution in [0.25, 0.3) is 5.57 Å². The van der Waals surface area contributed by atoms with Crippen molar-refractivity contribution in [3.8, 4) is 5.75 Å². The van der Waals surface area contributed by atoms with Crippen LogP contribution in [0.5, 0.6) is 5.75 Å².